The van der Waals surface area contributed by atoms with Crippen LogP contribution in [0.4, 0.5) is 0 Å². The van der Waals surface area contributed by atoms with Gasteiger partial charge in [0.25, 0.3) is 5.91 Å². The fourth-order valence-corrected chi connectivity index (χ4v) is 3.36. The van der Waals surface area contributed by atoms with Crippen molar-refractivity contribution >= 4 is 27.8 Å². The average molecular weight is 359 g/mol. The molecule has 116 valence electrons. The Morgan fingerprint density at radius 1 is 1.52 bits per heavy atom. The maximum absolute atomic E-state index is 12.6. The molecule has 2 heterocycles. The Hall–Kier alpha value is -1.34. The second-order valence-corrected chi connectivity index (χ2v) is 6.42. The van der Waals surface area contributed by atoms with Crippen LogP contribution in [0.25, 0.3) is 0 Å². The summed E-state index contributed by atoms with van der Waals surface area (Å²) in [6, 6.07) is 1.75. The molecule has 0 bridgehead atoms. The van der Waals surface area contributed by atoms with Gasteiger partial charge in [0, 0.05) is 37.9 Å². The summed E-state index contributed by atoms with van der Waals surface area (Å²) in [7, 11) is 3.28. The zero-order valence-corrected chi connectivity index (χ0v) is 13.7. The SMILES string of the molecule is COCC1(C(=O)O)CCCN(C(=O)c2cc(Br)cn2C)C1. The first kappa shape index (κ1) is 16.0. The van der Waals surface area contributed by atoms with E-state index >= 15 is 0 Å². The van der Waals surface area contributed by atoms with Gasteiger partial charge in [0.2, 0.25) is 0 Å². The van der Waals surface area contributed by atoms with Gasteiger partial charge in [-0.25, -0.2) is 0 Å². The third-order valence-electron chi connectivity index (χ3n) is 3.93. The molecule has 0 aliphatic carbocycles. The molecule has 7 heteroatoms. The van der Waals surface area contributed by atoms with Gasteiger partial charge in [0.05, 0.1) is 6.61 Å². The van der Waals surface area contributed by atoms with Gasteiger partial charge in [-0.3, -0.25) is 9.59 Å². The molecule has 6 nitrogen and oxygen atoms in total. The van der Waals surface area contributed by atoms with Crippen LogP contribution in [0.15, 0.2) is 16.7 Å². The van der Waals surface area contributed by atoms with Gasteiger partial charge < -0.3 is 19.3 Å². The molecule has 0 spiro atoms. The van der Waals surface area contributed by atoms with Gasteiger partial charge in [-0.05, 0) is 34.8 Å². The smallest absolute Gasteiger partial charge is 0.313 e. The Bertz CT molecular complexity index is 553. The summed E-state index contributed by atoms with van der Waals surface area (Å²) in [5.41, 5.74) is -0.467. The van der Waals surface area contributed by atoms with Gasteiger partial charge in [0.15, 0.2) is 0 Å². The summed E-state index contributed by atoms with van der Waals surface area (Å²) in [6.07, 6.45) is 2.99. The number of carbonyl (C=O) groups excluding carboxylic acids is 1. The van der Waals surface area contributed by atoms with E-state index in [2.05, 4.69) is 15.9 Å². The number of carbonyl (C=O) groups is 2. The van der Waals surface area contributed by atoms with E-state index in [1.165, 1.54) is 7.11 Å². The fraction of sp³-hybridized carbons (Fsp3) is 0.571. The van der Waals surface area contributed by atoms with E-state index in [1.54, 1.807) is 28.8 Å². The lowest BCUT2D eigenvalue weighted by Crippen LogP contribution is -2.52. The number of hydrogen-bond donors (Lipinski definition) is 1. The van der Waals surface area contributed by atoms with E-state index in [9.17, 15) is 14.7 Å². The van der Waals surface area contributed by atoms with Crippen molar-refractivity contribution in [2.24, 2.45) is 12.5 Å². The predicted molar refractivity (Wildman–Crippen MR) is 80.2 cm³/mol. The Balaban J connectivity index is 2.22. The van der Waals surface area contributed by atoms with E-state index in [0.717, 1.165) is 4.47 Å². The van der Waals surface area contributed by atoms with E-state index in [1.807, 2.05) is 0 Å². The molecule has 1 aromatic rings. The molecule has 1 unspecified atom stereocenters. The van der Waals surface area contributed by atoms with E-state index in [-0.39, 0.29) is 19.1 Å². The molecule has 1 N–H and O–H groups in total. The topological polar surface area (TPSA) is 71.8 Å². The van der Waals surface area contributed by atoms with Crippen molar-refractivity contribution in [3.8, 4) is 0 Å². The number of aryl methyl sites for hydroxylation is 1. The summed E-state index contributed by atoms with van der Waals surface area (Å²) in [4.78, 5) is 25.8. The second-order valence-electron chi connectivity index (χ2n) is 5.50. The quantitative estimate of drug-likeness (QED) is 0.889. The van der Waals surface area contributed by atoms with Gasteiger partial charge in [-0.1, -0.05) is 0 Å². The van der Waals surface area contributed by atoms with Crippen molar-refractivity contribution in [1.82, 2.24) is 9.47 Å². The molecule has 1 aliphatic heterocycles. The molecular formula is C14H19BrN2O4. The minimum absolute atomic E-state index is 0.114. The Labute approximate surface area is 131 Å². The van der Waals surface area contributed by atoms with Crippen molar-refractivity contribution in [3.63, 3.8) is 0 Å². The zero-order chi connectivity index (χ0) is 15.6. The van der Waals surface area contributed by atoms with Crippen molar-refractivity contribution in [2.75, 3.05) is 26.8 Å². The number of piperidine rings is 1. The van der Waals surface area contributed by atoms with Crippen molar-refractivity contribution in [2.45, 2.75) is 12.8 Å². The predicted octanol–water partition coefficient (Wildman–Crippen LogP) is 1.74. The van der Waals surface area contributed by atoms with Crippen LogP contribution in [0.2, 0.25) is 0 Å². The van der Waals surface area contributed by atoms with Gasteiger partial charge >= 0.3 is 5.97 Å². The molecule has 1 aromatic heterocycles. The molecule has 1 amide bonds. The highest BCUT2D eigenvalue weighted by Crippen LogP contribution is 2.31. The molecule has 21 heavy (non-hydrogen) atoms. The standard InChI is InChI=1S/C14H19BrN2O4/c1-16-7-10(15)6-11(16)12(18)17-5-3-4-14(8-17,9-21-2)13(19)20/h6-7H,3-5,8-9H2,1-2H3,(H,19,20). The third-order valence-corrected chi connectivity index (χ3v) is 4.36. The third kappa shape index (κ3) is 3.13. The van der Waals surface area contributed by atoms with Gasteiger partial charge in [-0.2, -0.15) is 0 Å². The van der Waals surface area contributed by atoms with Crippen molar-refractivity contribution < 1.29 is 19.4 Å². The number of hydrogen-bond acceptors (Lipinski definition) is 3. The van der Waals surface area contributed by atoms with Crippen LogP contribution in [0.3, 0.4) is 0 Å². The Kier molecular flexibility index (Phi) is 4.73. The maximum atomic E-state index is 12.6. The summed E-state index contributed by atoms with van der Waals surface area (Å²) >= 11 is 3.34. The van der Waals surface area contributed by atoms with E-state index < -0.39 is 11.4 Å². The first-order chi connectivity index (χ1) is 9.89. The molecule has 1 atom stereocenters. The highest BCUT2D eigenvalue weighted by atomic mass is 79.9. The molecule has 1 saturated heterocycles. The number of carboxylic acids is 1. The summed E-state index contributed by atoms with van der Waals surface area (Å²) < 4.78 is 7.64. The second kappa shape index (κ2) is 6.19. The molecule has 1 fully saturated rings. The lowest BCUT2D eigenvalue weighted by atomic mass is 9.80. The molecule has 0 radical (unpaired) electrons. The minimum atomic E-state index is -1.01. The van der Waals surface area contributed by atoms with Crippen LogP contribution in [0.5, 0.6) is 0 Å². The minimum Gasteiger partial charge on any atom is -0.481 e. The number of nitrogens with zero attached hydrogens (tertiary/aromatic N) is 2. The van der Waals surface area contributed by atoms with Crippen LogP contribution >= 0.6 is 15.9 Å². The first-order valence-electron chi connectivity index (χ1n) is 6.73. The summed E-state index contributed by atoms with van der Waals surface area (Å²) in [6.45, 7) is 0.862. The van der Waals surface area contributed by atoms with E-state index in [0.29, 0.717) is 25.1 Å². The van der Waals surface area contributed by atoms with Gasteiger partial charge in [0.1, 0.15) is 11.1 Å². The number of methoxy groups -OCH3 is 1. The number of aromatic nitrogens is 1. The molecule has 0 saturated carbocycles. The lowest BCUT2D eigenvalue weighted by Gasteiger charge is -2.39. The Morgan fingerprint density at radius 3 is 2.76 bits per heavy atom. The monoisotopic (exact) mass is 358 g/mol. The molecule has 2 rings (SSSR count). The highest BCUT2D eigenvalue weighted by Gasteiger charge is 2.44. The highest BCUT2D eigenvalue weighted by molar-refractivity contribution is 9.10. The Morgan fingerprint density at radius 2 is 2.24 bits per heavy atom. The zero-order valence-electron chi connectivity index (χ0n) is 12.1. The molecular weight excluding hydrogens is 340 g/mol. The van der Waals surface area contributed by atoms with Crippen LogP contribution in [0, 0.1) is 5.41 Å². The maximum Gasteiger partial charge on any atom is 0.313 e. The van der Waals surface area contributed by atoms with Crippen LogP contribution in [-0.2, 0) is 16.6 Å². The van der Waals surface area contributed by atoms with Crippen molar-refractivity contribution in [3.05, 3.63) is 22.4 Å². The molecule has 1 aliphatic rings. The summed E-state index contributed by atoms with van der Waals surface area (Å²) in [5, 5.41) is 9.52. The number of likely N-dealkylation sites (tertiary alicyclic amines) is 1. The van der Waals surface area contributed by atoms with Crippen molar-refractivity contribution in [1.29, 1.82) is 0 Å². The average Bonchev–Trinajstić information content (AvgIpc) is 2.77. The molecule has 0 aromatic carbocycles. The number of halogens is 1. The fourth-order valence-electron chi connectivity index (χ4n) is 2.83. The summed E-state index contributed by atoms with van der Waals surface area (Å²) in [5.74, 6) is -1.06. The number of ether oxygens (including phenoxy) is 1. The van der Waals surface area contributed by atoms with Crippen LogP contribution < -0.4 is 0 Å². The number of aliphatic carboxylic acids is 1. The number of rotatable bonds is 4. The van der Waals surface area contributed by atoms with Gasteiger partial charge in [-0.15, -0.1) is 0 Å². The van der Waals surface area contributed by atoms with Crippen LogP contribution in [0.1, 0.15) is 23.3 Å². The number of amides is 1. The normalized spacial score (nSPS) is 22.3. The van der Waals surface area contributed by atoms with E-state index in [4.69, 9.17) is 4.74 Å². The first-order valence-corrected chi connectivity index (χ1v) is 7.52. The largest absolute Gasteiger partial charge is 0.481 e. The number of carboxylic acid groups (broad SMARTS) is 1. The van der Waals surface area contributed by atoms with Crippen LogP contribution in [-0.4, -0.2) is 53.3 Å². The lowest BCUT2D eigenvalue weighted by molar-refractivity contribution is -0.155.